The van der Waals surface area contributed by atoms with Gasteiger partial charge in [-0.3, -0.25) is 9.89 Å². The Balaban J connectivity index is 0.00000288. The van der Waals surface area contributed by atoms with E-state index in [2.05, 4.69) is 15.2 Å². The molecule has 2 rings (SSSR count). The summed E-state index contributed by atoms with van der Waals surface area (Å²) in [5.74, 6) is 1.41. The Morgan fingerprint density at radius 3 is 2.71 bits per heavy atom. The van der Waals surface area contributed by atoms with Gasteiger partial charge in [0.05, 0.1) is 19.8 Å². The first-order chi connectivity index (χ1) is 11.3. The third-order valence-electron chi connectivity index (χ3n) is 3.66. The second kappa shape index (κ2) is 13.3. The maximum absolute atomic E-state index is 5.85. The van der Waals surface area contributed by atoms with E-state index < -0.39 is 0 Å². The molecule has 0 bridgehead atoms. The van der Waals surface area contributed by atoms with E-state index in [9.17, 15) is 0 Å². The van der Waals surface area contributed by atoms with Crippen molar-refractivity contribution in [1.82, 2.24) is 10.2 Å². The molecule has 136 valence electrons. The minimum atomic E-state index is 0. The summed E-state index contributed by atoms with van der Waals surface area (Å²) in [5, 5.41) is 3.16. The highest BCUT2D eigenvalue weighted by Gasteiger charge is 2.08. The molecular formula is C17H29IN4O2. The molecule has 0 unspecified atom stereocenters. The summed E-state index contributed by atoms with van der Waals surface area (Å²) < 4.78 is 10.9. The Hall–Kier alpha value is -1.06. The number of hydrogen-bond acceptors (Lipinski definition) is 4. The molecule has 0 aliphatic carbocycles. The molecule has 1 aromatic rings. The highest BCUT2D eigenvalue weighted by atomic mass is 127. The van der Waals surface area contributed by atoms with Crippen LogP contribution in [0.1, 0.15) is 12.8 Å². The van der Waals surface area contributed by atoms with Crippen LogP contribution in [0.5, 0.6) is 5.75 Å². The van der Waals surface area contributed by atoms with E-state index in [0.717, 1.165) is 58.0 Å². The first-order valence-corrected chi connectivity index (χ1v) is 8.36. The molecule has 0 saturated carbocycles. The first kappa shape index (κ1) is 21.0. The molecular weight excluding hydrogens is 419 g/mol. The SMILES string of the molecule is I.NC(=NCCCOc1ccccc1)NCCCN1CCOCC1. The van der Waals surface area contributed by atoms with Crippen molar-refractivity contribution in [3.63, 3.8) is 0 Å². The van der Waals surface area contributed by atoms with Crippen LogP contribution in [0.4, 0.5) is 0 Å². The fourth-order valence-electron chi connectivity index (χ4n) is 2.37. The van der Waals surface area contributed by atoms with Gasteiger partial charge in [-0.15, -0.1) is 24.0 Å². The molecule has 0 aromatic heterocycles. The fourth-order valence-corrected chi connectivity index (χ4v) is 2.37. The molecule has 7 heteroatoms. The van der Waals surface area contributed by atoms with Crippen molar-refractivity contribution in [2.75, 3.05) is 52.5 Å². The molecule has 0 amide bonds. The van der Waals surface area contributed by atoms with Gasteiger partial charge in [0.1, 0.15) is 5.75 Å². The topological polar surface area (TPSA) is 72.1 Å². The number of para-hydroxylation sites is 1. The zero-order chi connectivity index (χ0) is 16.2. The van der Waals surface area contributed by atoms with Crippen LogP contribution in [0.25, 0.3) is 0 Å². The Bertz CT molecular complexity index is 453. The van der Waals surface area contributed by atoms with Gasteiger partial charge in [0.25, 0.3) is 0 Å². The van der Waals surface area contributed by atoms with Crippen molar-refractivity contribution < 1.29 is 9.47 Å². The van der Waals surface area contributed by atoms with Crippen LogP contribution in [-0.4, -0.2) is 63.4 Å². The summed E-state index contributed by atoms with van der Waals surface area (Å²) in [4.78, 5) is 6.73. The lowest BCUT2D eigenvalue weighted by Gasteiger charge is -2.26. The lowest BCUT2D eigenvalue weighted by atomic mass is 10.3. The Kier molecular flexibility index (Phi) is 11.6. The van der Waals surface area contributed by atoms with Crippen LogP contribution in [-0.2, 0) is 4.74 Å². The van der Waals surface area contributed by atoms with Gasteiger partial charge in [0.2, 0.25) is 0 Å². The standard InChI is InChI=1S/C17H28N4O2.HI/c18-17(19-8-4-10-21-11-14-22-15-12-21)20-9-5-13-23-16-6-2-1-3-7-16;/h1-3,6-7H,4-5,8-15H2,(H3,18,19,20);1H. The van der Waals surface area contributed by atoms with Gasteiger partial charge in [-0.25, -0.2) is 0 Å². The van der Waals surface area contributed by atoms with Gasteiger partial charge in [-0.05, 0) is 25.1 Å². The monoisotopic (exact) mass is 448 g/mol. The normalized spacial score (nSPS) is 15.6. The summed E-state index contributed by atoms with van der Waals surface area (Å²) in [6.07, 6.45) is 1.92. The number of morpholine rings is 1. The molecule has 0 spiro atoms. The zero-order valence-corrected chi connectivity index (χ0v) is 16.5. The minimum absolute atomic E-state index is 0. The average Bonchev–Trinajstić information content (AvgIpc) is 2.60. The van der Waals surface area contributed by atoms with E-state index in [0.29, 0.717) is 19.1 Å². The van der Waals surface area contributed by atoms with Crippen molar-refractivity contribution >= 4 is 29.9 Å². The van der Waals surface area contributed by atoms with Crippen molar-refractivity contribution in [1.29, 1.82) is 0 Å². The quantitative estimate of drug-likeness (QED) is 0.261. The maximum Gasteiger partial charge on any atom is 0.188 e. The third-order valence-corrected chi connectivity index (χ3v) is 3.66. The number of ether oxygens (including phenoxy) is 2. The molecule has 1 heterocycles. The molecule has 1 aromatic carbocycles. The second-order valence-electron chi connectivity index (χ2n) is 5.52. The van der Waals surface area contributed by atoms with E-state index in [1.54, 1.807) is 0 Å². The van der Waals surface area contributed by atoms with E-state index in [4.69, 9.17) is 15.2 Å². The lowest BCUT2D eigenvalue weighted by Crippen LogP contribution is -2.39. The number of nitrogens with one attached hydrogen (secondary N) is 1. The number of nitrogens with zero attached hydrogens (tertiary/aromatic N) is 2. The van der Waals surface area contributed by atoms with Crippen LogP contribution in [0.2, 0.25) is 0 Å². The van der Waals surface area contributed by atoms with E-state index in [-0.39, 0.29) is 24.0 Å². The predicted molar refractivity (Wildman–Crippen MR) is 108 cm³/mol. The summed E-state index contributed by atoms with van der Waals surface area (Å²) in [5.41, 5.74) is 5.85. The number of aliphatic imine (C=N–C) groups is 1. The van der Waals surface area contributed by atoms with Crippen LogP contribution in [0, 0.1) is 0 Å². The van der Waals surface area contributed by atoms with Gasteiger partial charge in [-0.2, -0.15) is 0 Å². The van der Waals surface area contributed by atoms with Crippen molar-refractivity contribution in [2.45, 2.75) is 12.8 Å². The first-order valence-electron chi connectivity index (χ1n) is 8.36. The van der Waals surface area contributed by atoms with Gasteiger partial charge < -0.3 is 20.5 Å². The zero-order valence-electron chi connectivity index (χ0n) is 14.2. The number of guanidine groups is 1. The molecule has 0 radical (unpaired) electrons. The van der Waals surface area contributed by atoms with Crippen molar-refractivity contribution in [3.05, 3.63) is 30.3 Å². The number of hydrogen-bond donors (Lipinski definition) is 2. The fraction of sp³-hybridized carbons (Fsp3) is 0.588. The van der Waals surface area contributed by atoms with Crippen molar-refractivity contribution in [2.24, 2.45) is 10.7 Å². The lowest BCUT2D eigenvalue weighted by molar-refractivity contribution is 0.0376. The van der Waals surface area contributed by atoms with Gasteiger partial charge in [0, 0.05) is 32.6 Å². The highest BCUT2D eigenvalue weighted by Crippen LogP contribution is 2.08. The molecule has 3 N–H and O–H groups in total. The Labute approximate surface area is 161 Å². The van der Waals surface area contributed by atoms with E-state index in [1.807, 2.05) is 30.3 Å². The molecule has 1 saturated heterocycles. The van der Waals surface area contributed by atoms with Gasteiger partial charge in [0.15, 0.2) is 5.96 Å². The Morgan fingerprint density at radius 1 is 1.21 bits per heavy atom. The minimum Gasteiger partial charge on any atom is -0.494 e. The molecule has 1 aliphatic heterocycles. The second-order valence-corrected chi connectivity index (χ2v) is 5.52. The molecule has 24 heavy (non-hydrogen) atoms. The average molecular weight is 448 g/mol. The Morgan fingerprint density at radius 2 is 1.96 bits per heavy atom. The number of benzene rings is 1. The summed E-state index contributed by atoms with van der Waals surface area (Å²) in [6.45, 7) is 7.02. The van der Waals surface area contributed by atoms with Crippen LogP contribution >= 0.6 is 24.0 Å². The van der Waals surface area contributed by atoms with E-state index >= 15 is 0 Å². The number of halogens is 1. The van der Waals surface area contributed by atoms with E-state index in [1.165, 1.54) is 0 Å². The predicted octanol–water partition coefficient (Wildman–Crippen LogP) is 1.70. The van der Waals surface area contributed by atoms with Crippen molar-refractivity contribution in [3.8, 4) is 5.75 Å². The smallest absolute Gasteiger partial charge is 0.188 e. The molecule has 1 fully saturated rings. The number of rotatable bonds is 9. The highest BCUT2D eigenvalue weighted by molar-refractivity contribution is 14.0. The van der Waals surface area contributed by atoms with Gasteiger partial charge in [-0.1, -0.05) is 18.2 Å². The van der Waals surface area contributed by atoms with Gasteiger partial charge >= 0.3 is 0 Å². The number of nitrogens with two attached hydrogens (primary N) is 1. The molecule has 0 atom stereocenters. The van der Waals surface area contributed by atoms with Crippen LogP contribution in [0.15, 0.2) is 35.3 Å². The third kappa shape index (κ3) is 9.29. The molecule has 6 nitrogen and oxygen atoms in total. The molecule has 1 aliphatic rings. The summed E-state index contributed by atoms with van der Waals surface area (Å²) in [6, 6.07) is 9.81. The summed E-state index contributed by atoms with van der Waals surface area (Å²) >= 11 is 0. The van der Waals surface area contributed by atoms with Crippen LogP contribution in [0.3, 0.4) is 0 Å². The van der Waals surface area contributed by atoms with Crippen LogP contribution < -0.4 is 15.8 Å². The largest absolute Gasteiger partial charge is 0.494 e. The maximum atomic E-state index is 5.85. The summed E-state index contributed by atoms with van der Waals surface area (Å²) in [7, 11) is 0.